The minimum absolute atomic E-state index is 0.0770. The number of carbonyl (C=O) groups excluding carboxylic acids is 1. The number of likely N-dealkylation sites (tertiary alicyclic amines) is 1. The van der Waals surface area contributed by atoms with E-state index in [1.165, 1.54) is 11.8 Å². The lowest BCUT2D eigenvalue weighted by atomic mass is 10.2. The first kappa shape index (κ1) is 18.3. The molecule has 1 aromatic heterocycles. The Labute approximate surface area is 156 Å². The third-order valence-electron chi connectivity index (χ3n) is 4.38. The van der Waals surface area contributed by atoms with E-state index in [1.54, 1.807) is 22.8 Å². The number of amides is 1. The molecule has 2 aromatic rings. The number of hydrogen-bond donors (Lipinski definition) is 0. The zero-order valence-corrected chi connectivity index (χ0v) is 16.1. The van der Waals surface area contributed by atoms with Crippen molar-refractivity contribution in [2.24, 2.45) is 0 Å². The average Bonchev–Trinajstić information content (AvgIpc) is 3.11. The van der Waals surface area contributed by atoms with Gasteiger partial charge in [-0.25, -0.2) is 4.98 Å². The molecule has 1 fully saturated rings. The molecule has 1 aliphatic heterocycles. The molecule has 0 radical (unpaired) electrons. The number of carbonyl (C=O) groups is 1. The van der Waals surface area contributed by atoms with Crippen molar-refractivity contribution in [3.8, 4) is 0 Å². The topological polar surface area (TPSA) is 55.2 Å². The van der Waals surface area contributed by atoms with E-state index in [2.05, 4.69) is 4.98 Å². The van der Waals surface area contributed by atoms with Gasteiger partial charge in [-0.1, -0.05) is 30.3 Å². The molecule has 2 heterocycles. The molecule has 1 unspecified atom stereocenters. The molecule has 25 heavy (non-hydrogen) atoms. The van der Waals surface area contributed by atoms with Crippen LogP contribution < -0.4 is 5.56 Å². The van der Waals surface area contributed by atoms with E-state index in [1.807, 2.05) is 18.7 Å². The van der Waals surface area contributed by atoms with E-state index < -0.39 is 0 Å². The Hall–Kier alpha value is -1.53. The second-order valence-electron chi connectivity index (χ2n) is 6.31. The Bertz CT molecular complexity index is 846. The van der Waals surface area contributed by atoms with Crippen molar-refractivity contribution >= 4 is 40.2 Å². The predicted molar refractivity (Wildman–Crippen MR) is 102 cm³/mol. The van der Waals surface area contributed by atoms with Gasteiger partial charge < -0.3 is 4.90 Å². The number of rotatable bonds is 5. The lowest BCUT2D eigenvalue weighted by Gasteiger charge is -2.21. The molecular weight excluding hydrogens is 358 g/mol. The van der Waals surface area contributed by atoms with Crippen LogP contribution in [0.15, 0.2) is 28.2 Å². The van der Waals surface area contributed by atoms with Crippen LogP contribution in [0.25, 0.3) is 10.9 Å². The predicted octanol–water partition coefficient (Wildman–Crippen LogP) is 3.56. The molecule has 1 amide bonds. The van der Waals surface area contributed by atoms with Gasteiger partial charge >= 0.3 is 0 Å². The third kappa shape index (κ3) is 3.85. The number of benzene rings is 1. The van der Waals surface area contributed by atoms with Crippen LogP contribution in [0.2, 0.25) is 5.02 Å². The van der Waals surface area contributed by atoms with Gasteiger partial charge in [0.2, 0.25) is 5.91 Å². The van der Waals surface area contributed by atoms with Crippen LogP contribution >= 0.6 is 23.4 Å². The maximum Gasteiger partial charge on any atom is 0.262 e. The molecule has 0 spiro atoms. The van der Waals surface area contributed by atoms with E-state index in [9.17, 15) is 9.59 Å². The quantitative estimate of drug-likeness (QED) is 0.588. The van der Waals surface area contributed by atoms with E-state index in [-0.39, 0.29) is 16.7 Å². The first-order chi connectivity index (χ1) is 12.0. The molecule has 1 aromatic carbocycles. The summed E-state index contributed by atoms with van der Waals surface area (Å²) in [5.74, 6) is 0.117. The van der Waals surface area contributed by atoms with Crippen molar-refractivity contribution < 1.29 is 4.79 Å². The van der Waals surface area contributed by atoms with Gasteiger partial charge in [0.25, 0.3) is 5.56 Å². The average molecular weight is 380 g/mol. The van der Waals surface area contributed by atoms with Gasteiger partial charge in [-0.2, -0.15) is 0 Å². The molecule has 1 saturated heterocycles. The van der Waals surface area contributed by atoms with Gasteiger partial charge in [0.15, 0.2) is 5.16 Å². The highest BCUT2D eigenvalue weighted by Gasteiger charge is 2.25. The Balaban J connectivity index is 1.97. The molecule has 3 rings (SSSR count). The van der Waals surface area contributed by atoms with Crippen LogP contribution in [0.4, 0.5) is 0 Å². The maximum absolute atomic E-state index is 12.8. The minimum Gasteiger partial charge on any atom is -0.342 e. The number of nitrogens with zero attached hydrogens (tertiary/aromatic N) is 3. The smallest absolute Gasteiger partial charge is 0.262 e. The monoisotopic (exact) mass is 379 g/mol. The summed E-state index contributed by atoms with van der Waals surface area (Å²) in [5, 5.41) is 1.41. The molecule has 7 heteroatoms. The highest BCUT2D eigenvalue weighted by Crippen LogP contribution is 2.26. The zero-order valence-electron chi connectivity index (χ0n) is 14.5. The highest BCUT2D eigenvalue weighted by molar-refractivity contribution is 8.00. The Kier molecular flexibility index (Phi) is 5.69. The Morgan fingerprint density at radius 3 is 2.76 bits per heavy atom. The van der Waals surface area contributed by atoms with Crippen molar-refractivity contribution in [3.05, 3.63) is 33.6 Å². The van der Waals surface area contributed by atoms with E-state index in [4.69, 9.17) is 11.6 Å². The summed E-state index contributed by atoms with van der Waals surface area (Å²) >= 11 is 7.41. The fourth-order valence-electron chi connectivity index (χ4n) is 3.09. The molecule has 134 valence electrons. The third-order valence-corrected chi connectivity index (χ3v) is 5.69. The first-order valence-corrected chi connectivity index (χ1v) is 9.92. The maximum atomic E-state index is 12.8. The summed E-state index contributed by atoms with van der Waals surface area (Å²) in [7, 11) is 0. The van der Waals surface area contributed by atoms with Crippen LogP contribution in [-0.4, -0.2) is 38.7 Å². The number of fused-ring (bicyclic) bond motifs is 1. The summed E-state index contributed by atoms with van der Waals surface area (Å²) in [4.78, 5) is 32.0. The van der Waals surface area contributed by atoms with Crippen LogP contribution in [0, 0.1) is 0 Å². The van der Waals surface area contributed by atoms with E-state index in [0.29, 0.717) is 27.6 Å². The van der Waals surface area contributed by atoms with Gasteiger partial charge in [-0.05, 0) is 44.4 Å². The molecule has 0 saturated carbocycles. The van der Waals surface area contributed by atoms with E-state index in [0.717, 1.165) is 32.4 Å². The summed E-state index contributed by atoms with van der Waals surface area (Å²) in [6.45, 7) is 6.14. The zero-order chi connectivity index (χ0) is 18.0. The van der Waals surface area contributed by atoms with Crippen molar-refractivity contribution in [1.29, 1.82) is 0 Å². The number of hydrogen-bond acceptors (Lipinski definition) is 4. The molecule has 1 aliphatic rings. The summed E-state index contributed by atoms with van der Waals surface area (Å²) in [5.41, 5.74) is 0.500. The second kappa shape index (κ2) is 7.79. The summed E-state index contributed by atoms with van der Waals surface area (Å²) in [6, 6.07) is 5.12. The molecular formula is C18H22ClN3O2S. The van der Waals surface area contributed by atoms with Crippen LogP contribution in [0.1, 0.15) is 33.1 Å². The van der Waals surface area contributed by atoms with Gasteiger partial charge in [0.1, 0.15) is 0 Å². The Morgan fingerprint density at radius 1 is 1.36 bits per heavy atom. The van der Waals surface area contributed by atoms with Crippen molar-refractivity contribution in [2.75, 3.05) is 13.1 Å². The van der Waals surface area contributed by atoms with Crippen molar-refractivity contribution in [2.45, 2.75) is 50.1 Å². The van der Waals surface area contributed by atoms with E-state index >= 15 is 0 Å². The molecule has 1 atom stereocenters. The number of aromatic nitrogens is 2. The fourth-order valence-corrected chi connectivity index (χ4v) is 4.27. The van der Waals surface area contributed by atoms with Gasteiger partial charge in [-0.15, -0.1) is 0 Å². The van der Waals surface area contributed by atoms with Crippen LogP contribution in [-0.2, 0) is 11.3 Å². The molecule has 5 nitrogen and oxygen atoms in total. The normalized spacial score (nSPS) is 15.7. The SMILES string of the molecule is CCCn1c(SC(C)C(=O)N2CCCC2)nc2cc(Cl)ccc2c1=O. The molecule has 0 bridgehead atoms. The fraction of sp³-hybridized carbons (Fsp3) is 0.500. The van der Waals surface area contributed by atoms with Crippen LogP contribution in [0.5, 0.6) is 0 Å². The summed E-state index contributed by atoms with van der Waals surface area (Å²) in [6.07, 6.45) is 2.95. The van der Waals surface area contributed by atoms with Gasteiger partial charge in [0.05, 0.1) is 16.2 Å². The minimum atomic E-state index is -0.273. The molecule has 0 aliphatic carbocycles. The first-order valence-electron chi connectivity index (χ1n) is 8.66. The number of halogens is 1. The summed E-state index contributed by atoms with van der Waals surface area (Å²) < 4.78 is 1.68. The highest BCUT2D eigenvalue weighted by atomic mass is 35.5. The van der Waals surface area contributed by atoms with Crippen LogP contribution in [0.3, 0.4) is 0 Å². The van der Waals surface area contributed by atoms with Crippen molar-refractivity contribution in [1.82, 2.24) is 14.5 Å². The lowest BCUT2D eigenvalue weighted by molar-refractivity contribution is -0.129. The standard InChI is InChI=1S/C18H22ClN3O2S/c1-3-8-22-17(24)14-7-6-13(19)11-15(14)20-18(22)25-12(2)16(23)21-9-4-5-10-21/h6-7,11-12H,3-5,8-10H2,1-2H3. The number of thioether (sulfide) groups is 1. The van der Waals surface area contributed by atoms with Crippen molar-refractivity contribution in [3.63, 3.8) is 0 Å². The largest absolute Gasteiger partial charge is 0.342 e. The Morgan fingerprint density at radius 2 is 2.08 bits per heavy atom. The second-order valence-corrected chi connectivity index (χ2v) is 8.05. The van der Waals surface area contributed by atoms with Gasteiger partial charge in [-0.3, -0.25) is 14.2 Å². The van der Waals surface area contributed by atoms with Gasteiger partial charge in [0, 0.05) is 24.7 Å². The lowest BCUT2D eigenvalue weighted by Crippen LogP contribution is -2.34. The molecule has 0 N–H and O–H groups in total.